The summed E-state index contributed by atoms with van der Waals surface area (Å²) in [7, 11) is 0. The molecule has 0 radical (unpaired) electrons. The van der Waals surface area contributed by atoms with Crippen molar-refractivity contribution in [3.63, 3.8) is 0 Å². The minimum absolute atomic E-state index is 0.201. The number of nitrogens with one attached hydrogen (secondary N) is 1. The number of rotatable bonds is 4. The van der Waals surface area contributed by atoms with Crippen molar-refractivity contribution in [2.24, 2.45) is 5.41 Å². The van der Waals surface area contributed by atoms with Crippen molar-refractivity contribution in [3.05, 3.63) is 0 Å². The fourth-order valence-corrected chi connectivity index (χ4v) is 6.82. The third-order valence-corrected chi connectivity index (χ3v) is 7.91. The van der Waals surface area contributed by atoms with Crippen LogP contribution in [0.2, 0.25) is 0 Å². The van der Waals surface area contributed by atoms with Crippen molar-refractivity contribution in [2.45, 2.75) is 82.1 Å². The van der Waals surface area contributed by atoms with E-state index in [0.717, 1.165) is 13.2 Å². The van der Waals surface area contributed by atoms with Crippen LogP contribution in [0.4, 0.5) is 0 Å². The fourth-order valence-electron chi connectivity index (χ4n) is 5.44. The zero-order chi connectivity index (χ0) is 15.0. The molecule has 0 aromatic rings. The van der Waals surface area contributed by atoms with Gasteiger partial charge in [-0.2, -0.15) is 11.8 Å². The summed E-state index contributed by atoms with van der Waals surface area (Å²) in [5, 5.41) is 4.06. The van der Waals surface area contributed by atoms with Crippen molar-refractivity contribution in [1.82, 2.24) is 5.32 Å². The Hall–Kier alpha value is 0.230. The standard InChI is InChI=1S/C18H31NO2S/c1-2-20-16-11-15(18(16)6-3-4-7-18)19-14-5-9-21-17(12-14)8-10-22-13-17/h14-16,19H,2-13H2,1H3. The second-order valence-corrected chi connectivity index (χ2v) is 8.97. The second kappa shape index (κ2) is 6.27. The van der Waals surface area contributed by atoms with Crippen LogP contribution in [-0.4, -0.2) is 48.5 Å². The molecule has 0 aromatic heterocycles. The summed E-state index contributed by atoms with van der Waals surface area (Å²) in [4.78, 5) is 0. The van der Waals surface area contributed by atoms with E-state index in [0.29, 0.717) is 23.6 Å². The van der Waals surface area contributed by atoms with Gasteiger partial charge in [0, 0.05) is 36.5 Å². The van der Waals surface area contributed by atoms with Gasteiger partial charge in [0.05, 0.1) is 11.7 Å². The third kappa shape index (κ3) is 2.64. The lowest BCUT2D eigenvalue weighted by Crippen LogP contribution is -2.65. The summed E-state index contributed by atoms with van der Waals surface area (Å²) in [6.07, 6.45) is 11.0. The lowest BCUT2D eigenvalue weighted by atomic mass is 9.60. The first kappa shape index (κ1) is 15.7. The third-order valence-electron chi connectivity index (χ3n) is 6.68. The van der Waals surface area contributed by atoms with E-state index in [9.17, 15) is 0 Å². The average molecular weight is 326 g/mol. The summed E-state index contributed by atoms with van der Waals surface area (Å²) in [5.74, 6) is 2.50. The Balaban J connectivity index is 1.38. The molecule has 4 rings (SSSR count). The van der Waals surface area contributed by atoms with Gasteiger partial charge in [-0.15, -0.1) is 0 Å². The summed E-state index contributed by atoms with van der Waals surface area (Å²) >= 11 is 2.07. The summed E-state index contributed by atoms with van der Waals surface area (Å²) in [5.41, 5.74) is 0.665. The van der Waals surface area contributed by atoms with Crippen molar-refractivity contribution < 1.29 is 9.47 Å². The van der Waals surface area contributed by atoms with Crippen LogP contribution >= 0.6 is 11.8 Å². The molecule has 2 saturated heterocycles. The lowest BCUT2D eigenvalue weighted by Gasteiger charge is -2.56. The zero-order valence-corrected chi connectivity index (χ0v) is 14.8. The van der Waals surface area contributed by atoms with E-state index in [4.69, 9.17) is 9.47 Å². The molecule has 4 unspecified atom stereocenters. The first-order valence-electron chi connectivity index (χ1n) is 9.36. The zero-order valence-electron chi connectivity index (χ0n) is 13.9. The normalized spacial score (nSPS) is 43.8. The van der Waals surface area contributed by atoms with Crippen LogP contribution in [0.5, 0.6) is 0 Å². The molecule has 2 aliphatic heterocycles. The monoisotopic (exact) mass is 325 g/mol. The molecule has 1 N–H and O–H groups in total. The van der Waals surface area contributed by atoms with Crippen LogP contribution in [0.3, 0.4) is 0 Å². The molecule has 2 spiro atoms. The van der Waals surface area contributed by atoms with Gasteiger partial charge < -0.3 is 14.8 Å². The molecule has 2 aliphatic carbocycles. The van der Waals surface area contributed by atoms with E-state index in [1.807, 2.05) is 0 Å². The van der Waals surface area contributed by atoms with E-state index >= 15 is 0 Å². The molecule has 4 atom stereocenters. The number of hydrogen-bond donors (Lipinski definition) is 1. The van der Waals surface area contributed by atoms with Gasteiger partial charge >= 0.3 is 0 Å². The molecule has 0 aromatic carbocycles. The van der Waals surface area contributed by atoms with Gasteiger partial charge in [0.1, 0.15) is 0 Å². The fraction of sp³-hybridized carbons (Fsp3) is 1.00. The first-order valence-corrected chi connectivity index (χ1v) is 10.5. The quantitative estimate of drug-likeness (QED) is 0.858. The summed E-state index contributed by atoms with van der Waals surface area (Å²) < 4.78 is 12.2. The highest BCUT2D eigenvalue weighted by Crippen LogP contribution is 2.55. The molecule has 4 aliphatic rings. The Bertz CT molecular complexity index is 391. The van der Waals surface area contributed by atoms with Gasteiger partial charge in [-0.1, -0.05) is 12.8 Å². The summed E-state index contributed by atoms with van der Waals surface area (Å²) in [6.45, 7) is 3.97. The molecule has 22 heavy (non-hydrogen) atoms. The minimum atomic E-state index is 0.201. The molecule has 126 valence electrons. The van der Waals surface area contributed by atoms with Crippen molar-refractivity contribution in [1.29, 1.82) is 0 Å². The molecule has 2 heterocycles. The predicted octanol–water partition coefficient (Wildman–Crippen LogP) is 3.37. The first-order chi connectivity index (χ1) is 10.8. The number of thioether (sulfide) groups is 1. The minimum Gasteiger partial charge on any atom is -0.378 e. The highest BCUT2D eigenvalue weighted by molar-refractivity contribution is 7.99. The van der Waals surface area contributed by atoms with Crippen LogP contribution in [0.25, 0.3) is 0 Å². The Morgan fingerprint density at radius 3 is 2.86 bits per heavy atom. The van der Waals surface area contributed by atoms with Gasteiger partial charge in [0.25, 0.3) is 0 Å². The number of hydrogen-bond acceptors (Lipinski definition) is 4. The lowest BCUT2D eigenvalue weighted by molar-refractivity contribution is -0.139. The van der Waals surface area contributed by atoms with Crippen molar-refractivity contribution >= 4 is 11.8 Å². The Morgan fingerprint density at radius 1 is 1.27 bits per heavy atom. The molecule has 0 amide bonds. The highest BCUT2D eigenvalue weighted by Gasteiger charge is 2.57. The van der Waals surface area contributed by atoms with Crippen LogP contribution in [0, 0.1) is 5.41 Å². The maximum absolute atomic E-state index is 6.18. The maximum atomic E-state index is 6.18. The predicted molar refractivity (Wildman–Crippen MR) is 91.5 cm³/mol. The Kier molecular flexibility index (Phi) is 4.48. The Labute approximate surface area is 139 Å². The van der Waals surface area contributed by atoms with Crippen molar-refractivity contribution in [3.8, 4) is 0 Å². The topological polar surface area (TPSA) is 30.5 Å². The largest absolute Gasteiger partial charge is 0.378 e. The molecule has 3 nitrogen and oxygen atoms in total. The molecule has 0 bridgehead atoms. The van der Waals surface area contributed by atoms with Gasteiger partial charge in [-0.25, -0.2) is 0 Å². The molecule has 4 fully saturated rings. The van der Waals surface area contributed by atoms with Gasteiger partial charge in [-0.05, 0) is 51.2 Å². The number of ether oxygens (including phenoxy) is 2. The maximum Gasteiger partial charge on any atom is 0.0795 e. The molecular formula is C18H31NO2S. The van der Waals surface area contributed by atoms with Crippen LogP contribution in [-0.2, 0) is 9.47 Å². The average Bonchev–Trinajstić information content (AvgIpc) is 3.18. The molecule has 4 heteroatoms. The highest BCUT2D eigenvalue weighted by atomic mass is 32.2. The van der Waals surface area contributed by atoms with E-state index in [1.54, 1.807) is 0 Å². The van der Waals surface area contributed by atoms with Crippen LogP contribution < -0.4 is 5.32 Å². The van der Waals surface area contributed by atoms with E-state index in [1.165, 1.54) is 62.9 Å². The van der Waals surface area contributed by atoms with Gasteiger partial charge in [0.2, 0.25) is 0 Å². The molecule has 2 saturated carbocycles. The van der Waals surface area contributed by atoms with Crippen molar-refractivity contribution in [2.75, 3.05) is 24.7 Å². The SMILES string of the molecule is CCOC1CC(NC2CCOC3(CCSC3)C2)C12CCCC2. The smallest absolute Gasteiger partial charge is 0.0795 e. The van der Waals surface area contributed by atoms with E-state index in [2.05, 4.69) is 24.0 Å². The Morgan fingerprint density at radius 2 is 2.14 bits per heavy atom. The second-order valence-electron chi connectivity index (χ2n) is 7.86. The van der Waals surface area contributed by atoms with Gasteiger partial charge in [-0.3, -0.25) is 0 Å². The van der Waals surface area contributed by atoms with E-state index in [-0.39, 0.29) is 5.60 Å². The van der Waals surface area contributed by atoms with Gasteiger partial charge in [0.15, 0.2) is 0 Å². The molecular weight excluding hydrogens is 294 g/mol. The summed E-state index contributed by atoms with van der Waals surface area (Å²) in [6, 6.07) is 1.36. The van der Waals surface area contributed by atoms with Crippen LogP contribution in [0.15, 0.2) is 0 Å². The van der Waals surface area contributed by atoms with Crippen LogP contribution in [0.1, 0.15) is 58.3 Å². The van der Waals surface area contributed by atoms with E-state index < -0.39 is 0 Å².